The lowest BCUT2D eigenvalue weighted by Gasteiger charge is -2.33. The normalized spacial score (nSPS) is 17.2. The highest BCUT2D eigenvalue weighted by Crippen LogP contribution is 2.33. The summed E-state index contributed by atoms with van der Waals surface area (Å²) in [5, 5.41) is 0.810. The van der Waals surface area contributed by atoms with Gasteiger partial charge in [-0.3, -0.25) is 14.5 Å². The summed E-state index contributed by atoms with van der Waals surface area (Å²) >= 11 is 1.69. The number of nitrogens with one attached hydrogen (secondary N) is 1. The van der Waals surface area contributed by atoms with Gasteiger partial charge in [-0.1, -0.05) is 29.8 Å². The monoisotopic (exact) mass is 448 g/mol. The number of benzene rings is 1. The van der Waals surface area contributed by atoms with Crippen molar-refractivity contribution in [3.8, 4) is 0 Å². The second-order valence-corrected chi connectivity index (χ2v) is 9.84. The van der Waals surface area contributed by atoms with Gasteiger partial charge in [0.1, 0.15) is 10.7 Å². The molecule has 0 radical (unpaired) electrons. The molecule has 1 fully saturated rings. The van der Waals surface area contributed by atoms with Gasteiger partial charge in [-0.25, -0.2) is 4.98 Å². The third-order valence-electron chi connectivity index (χ3n) is 6.39. The number of rotatable bonds is 4. The average molecular weight is 449 g/mol. The quantitative estimate of drug-likeness (QED) is 0.620. The number of aromatic nitrogens is 2. The van der Waals surface area contributed by atoms with Crippen molar-refractivity contribution in [2.24, 2.45) is 0 Å². The van der Waals surface area contributed by atoms with Crippen LogP contribution in [0.2, 0.25) is 0 Å². The molecule has 0 unspecified atom stereocenters. The molecule has 3 heterocycles. The Morgan fingerprint density at radius 1 is 1.19 bits per heavy atom. The van der Waals surface area contributed by atoms with Gasteiger partial charge in [0.2, 0.25) is 5.91 Å². The molecule has 2 aromatic heterocycles. The molecule has 166 valence electrons. The highest BCUT2D eigenvalue weighted by molar-refractivity contribution is 7.18. The number of amides is 1. The zero-order chi connectivity index (χ0) is 22.1. The SMILES string of the molecule is Cc1cccc(/C=C/C(=O)N2CCN(Cc3nc4sc5c(c4c(=O)[nH]3)CCCC5)CC2)c1. The van der Waals surface area contributed by atoms with Gasteiger partial charge < -0.3 is 9.88 Å². The van der Waals surface area contributed by atoms with E-state index in [4.69, 9.17) is 4.98 Å². The molecular weight excluding hydrogens is 420 g/mol. The Morgan fingerprint density at radius 2 is 2.00 bits per heavy atom. The Balaban J connectivity index is 1.21. The molecular formula is C25H28N4O2S. The van der Waals surface area contributed by atoms with Crippen LogP contribution in [0.4, 0.5) is 0 Å². The van der Waals surface area contributed by atoms with E-state index in [1.54, 1.807) is 17.4 Å². The van der Waals surface area contributed by atoms with Gasteiger partial charge in [0.05, 0.1) is 11.9 Å². The van der Waals surface area contributed by atoms with Gasteiger partial charge >= 0.3 is 0 Å². The summed E-state index contributed by atoms with van der Waals surface area (Å²) in [6.07, 6.45) is 7.96. The second-order valence-electron chi connectivity index (χ2n) is 8.75. The first-order valence-corrected chi connectivity index (χ1v) is 12.2. The Morgan fingerprint density at radius 3 is 2.81 bits per heavy atom. The summed E-state index contributed by atoms with van der Waals surface area (Å²) in [7, 11) is 0. The van der Waals surface area contributed by atoms with Gasteiger partial charge in [0, 0.05) is 37.1 Å². The lowest BCUT2D eigenvalue weighted by Crippen LogP contribution is -2.48. The van der Waals surface area contributed by atoms with E-state index in [9.17, 15) is 9.59 Å². The number of piperazine rings is 1. The first-order chi connectivity index (χ1) is 15.6. The van der Waals surface area contributed by atoms with Crippen molar-refractivity contribution < 1.29 is 4.79 Å². The standard InChI is InChI=1S/C25H28N4O2S/c1-17-5-4-6-18(15-17)9-10-22(30)29-13-11-28(12-14-29)16-21-26-24(31)23-19-7-2-3-8-20(19)32-25(23)27-21/h4-6,9-10,15H,2-3,7-8,11-14,16H2,1H3,(H,26,27,31)/b10-9+. The van der Waals surface area contributed by atoms with E-state index >= 15 is 0 Å². The van der Waals surface area contributed by atoms with Gasteiger partial charge in [0.15, 0.2) is 0 Å². The molecule has 5 rings (SSSR count). The minimum absolute atomic E-state index is 0.000463. The number of nitrogens with zero attached hydrogens (tertiary/aromatic N) is 3. The van der Waals surface area contributed by atoms with E-state index < -0.39 is 0 Å². The summed E-state index contributed by atoms with van der Waals surface area (Å²) in [6, 6.07) is 8.12. The zero-order valence-electron chi connectivity index (χ0n) is 18.4. The lowest BCUT2D eigenvalue weighted by molar-refractivity contribution is -0.127. The Labute approximate surface area is 191 Å². The van der Waals surface area contributed by atoms with Gasteiger partial charge in [0.25, 0.3) is 5.56 Å². The van der Waals surface area contributed by atoms with E-state index in [0.29, 0.717) is 19.6 Å². The Hall–Kier alpha value is -2.77. The first kappa shape index (κ1) is 21.1. The number of aryl methyl sites for hydroxylation is 3. The van der Waals surface area contributed by atoms with Crippen LogP contribution in [0.3, 0.4) is 0 Å². The molecule has 1 N–H and O–H groups in total. The summed E-state index contributed by atoms with van der Waals surface area (Å²) in [5.41, 5.74) is 3.44. The van der Waals surface area contributed by atoms with E-state index in [1.807, 2.05) is 36.1 Å². The molecule has 0 spiro atoms. The fourth-order valence-electron chi connectivity index (χ4n) is 4.67. The van der Waals surface area contributed by atoms with Crippen LogP contribution in [0.25, 0.3) is 16.3 Å². The summed E-state index contributed by atoms with van der Waals surface area (Å²) < 4.78 is 0. The zero-order valence-corrected chi connectivity index (χ0v) is 19.2. The molecule has 0 atom stereocenters. The van der Waals surface area contributed by atoms with Crippen LogP contribution in [-0.4, -0.2) is 51.9 Å². The fraction of sp³-hybridized carbons (Fsp3) is 0.400. The number of H-pyrrole nitrogens is 1. The van der Waals surface area contributed by atoms with E-state index in [-0.39, 0.29) is 11.5 Å². The summed E-state index contributed by atoms with van der Waals surface area (Å²) in [4.78, 5) is 39.5. The molecule has 1 amide bonds. The largest absolute Gasteiger partial charge is 0.337 e. The van der Waals surface area contributed by atoms with Crippen LogP contribution >= 0.6 is 11.3 Å². The van der Waals surface area contributed by atoms with Gasteiger partial charge in [-0.15, -0.1) is 11.3 Å². The number of hydrogen-bond acceptors (Lipinski definition) is 5. The Kier molecular flexibility index (Phi) is 5.93. The number of hydrogen-bond donors (Lipinski definition) is 1. The Bertz CT molecular complexity index is 1230. The maximum absolute atomic E-state index is 12.8. The van der Waals surface area contributed by atoms with E-state index in [0.717, 1.165) is 54.0 Å². The van der Waals surface area contributed by atoms with Crippen molar-refractivity contribution in [2.75, 3.05) is 26.2 Å². The van der Waals surface area contributed by atoms with Crippen molar-refractivity contribution in [3.05, 3.63) is 68.1 Å². The smallest absolute Gasteiger partial charge is 0.259 e. The molecule has 6 nitrogen and oxygen atoms in total. The van der Waals surface area contributed by atoms with Crippen LogP contribution in [-0.2, 0) is 24.2 Å². The van der Waals surface area contributed by atoms with Crippen LogP contribution in [0.1, 0.15) is 40.2 Å². The predicted molar refractivity (Wildman–Crippen MR) is 129 cm³/mol. The highest BCUT2D eigenvalue weighted by Gasteiger charge is 2.22. The summed E-state index contributed by atoms with van der Waals surface area (Å²) in [6.45, 7) is 5.55. The third-order valence-corrected chi connectivity index (χ3v) is 7.58. The molecule has 3 aromatic rings. The van der Waals surface area contributed by atoms with Crippen LogP contribution in [0.15, 0.2) is 35.1 Å². The summed E-state index contributed by atoms with van der Waals surface area (Å²) in [5.74, 6) is 0.767. The minimum atomic E-state index is -0.000463. The van der Waals surface area contributed by atoms with Gasteiger partial charge in [-0.05, 0) is 49.8 Å². The molecule has 32 heavy (non-hydrogen) atoms. The molecule has 2 aliphatic rings. The average Bonchev–Trinajstić information content (AvgIpc) is 3.17. The number of thiophene rings is 1. The molecule has 1 aliphatic heterocycles. The van der Waals surface area contributed by atoms with Crippen LogP contribution < -0.4 is 5.56 Å². The number of carbonyl (C=O) groups is 1. The van der Waals surface area contributed by atoms with E-state index in [1.165, 1.54) is 22.4 Å². The van der Waals surface area contributed by atoms with Gasteiger partial charge in [-0.2, -0.15) is 0 Å². The fourth-order valence-corrected chi connectivity index (χ4v) is 5.95. The second kappa shape index (κ2) is 9.00. The van der Waals surface area contributed by atoms with Crippen LogP contribution in [0.5, 0.6) is 0 Å². The van der Waals surface area contributed by atoms with Crippen molar-refractivity contribution in [1.29, 1.82) is 0 Å². The van der Waals surface area contributed by atoms with Crippen molar-refractivity contribution in [1.82, 2.24) is 19.8 Å². The third kappa shape index (κ3) is 4.40. The molecule has 1 saturated heterocycles. The van der Waals surface area contributed by atoms with Crippen molar-refractivity contribution >= 4 is 33.5 Å². The highest BCUT2D eigenvalue weighted by atomic mass is 32.1. The van der Waals surface area contributed by atoms with Crippen molar-refractivity contribution in [2.45, 2.75) is 39.2 Å². The predicted octanol–water partition coefficient (Wildman–Crippen LogP) is 3.53. The molecule has 1 aliphatic carbocycles. The molecule has 0 saturated carbocycles. The van der Waals surface area contributed by atoms with E-state index in [2.05, 4.69) is 16.0 Å². The minimum Gasteiger partial charge on any atom is -0.337 e. The maximum Gasteiger partial charge on any atom is 0.259 e. The van der Waals surface area contributed by atoms with Crippen LogP contribution in [0, 0.1) is 6.92 Å². The van der Waals surface area contributed by atoms with Crippen molar-refractivity contribution in [3.63, 3.8) is 0 Å². The molecule has 1 aromatic carbocycles. The molecule has 0 bridgehead atoms. The first-order valence-electron chi connectivity index (χ1n) is 11.4. The number of aromatic amines is 1. The number of fused-ring (bicyclic) bond motifs is 3. The number of carbonyl (C=O) groups excluding carboxylic acids is 1. The topological polar surface area (TPSA) is 69.3 Å². The lowest BCUT2D eigenvalue weighted by atomic mass is 9.97. The molecule has 7 heteroatoms. The maximum atomic E-state index is 12.8.